The summed E-state index contributed by atoms with van der Waals surface area (Å²) in [6.45, 7) is 4.54. The molecule has 1 unspecified atom stereocenters. The third-order valence-corrected chi connectivity index (χ3v) is 13.4. The van der Waals surface area contributed by atoms with Crippen LogP contribution in [0, 0.1) is 33.3 Å². The number of alkyl halides is 5. The van der Waals surface area contributed by atoms with Gasteiger partial charge in [-0.25, -0.2) is 8.42 Å². The van der Waals surface area contributed by atoms with E-state index in [9.17, 15) is 55.2 Å². The van der Waals surface area contributed by atoms with Gasteiger partial charge in [0.15, 0.2) is 0 Å². The number of nitrogens with zero attached hydrogens (tertiary/aromatic N) is 1. The quantitative estimate of drug-likeness (QED) is 0.0396. The summed E-state index contributed by atoms with van der Waals surface area (Å²) in [7, 11) is -3.76. The summed E-state index contributed by atoms with van der Waals surface area (Å²) in [5.41, 5.74) is -1.26. The number of carbonyl (C=O) groups excluding carboxylic acids is 2. The third kappa shape index (κ3) is 9.97. The molecule has 0 amide bonds. The number of halogens is 5. The zero-order valence-corrected chi connectivity index (χ0v) is 31.1. The number of esters is 2. The van der Waals surface area contributed by atoms with Crippen LogP contribution >= 0.6 is 0 Å². The monoisotopic (exact) mass is 783 g/mol. The van der Waals surface area contributed by atoms with Crippen molar-refractivity contribution in [2.24, 2.45) is 23.2 Å². The van der Waals surface area contributed by atoms with Crippen molar-refractivity contribution in [2.75, 3.05) is 11.5 Å². The van der Waals surface area contributed by atoms with Gasteiger partial charge in [0, 0.05) is 31.6 Å². The van der Waals surface area contributed by atoms with Gasteiger partial charge in [-0.15, -0.1) is 10.1 Å². The predicted octanol–water partition coefficient (Wildman–Crippen LogP) is 7.43. The van der Waals surface area contributed by atoms with Crippen molar-refractivity contribution in [3.05, 3.63) is 39.4 Å². The van der Waals surface area contributed by atoms with Crippen LogP contribution in [-0.4, -0.2) is 66.4 Å². The number of unbranched alkanes of at least 4 members (excludes halogenated alkanes) is 6. The second kappa shape index (κ2) is 16.7. The lowest BCUT2D eigenvalue weighted by molar-refractivity contribution is -0.775. The molecule has 3 aliphatic rings. The first-order chi connectivity index (χ1) is 24.6. The number of hydrogen-bond acceptors (Lipinski definition) is 10. The molecule has 1 aromatic carbocycles. The summed E-state index contributed by atoms with van der Waals surface area (Å²) in [5, 5.41) is 23.7. The average molecular weight is 784 g/mol. The minimum absolute atomic E-state index is 0.0801. The van der Waals surface area contributed by atoms with Crippen LogP contribution in [-0.2, 0) is 41.0 Å². The highest BCUT2D eigenvalue weighted by Crippen LogP contribution is 2.65. The fourth-order valence-electron chi connectivity index (χ4n) is 9.25. The van der Waals surface area contributed by atoms with E-state index in [0.29, 0.717) is 49.7 Å². The lowest BCUT2D eigenvalue weighted by Gasteiger charge is -2.59. The molecule has 4 rings (SSSR count). The van der Waals surface area contributed by atoms with E-state index in [1.807, 2.05) is 6.92 Å². The number of carbonyl (C=O) groups is 2. The van der Waals surface area contributed by atoms with Crippen molar-refractivity contribution in [1.29, 1.82) is 0 Å². The van der Waals surface area contributed by atoms with Crippen molar-refractivity contribution in [3.63, 3.8) is 0 Å². The summed E-state index contributed by atoms with van der Waals surface area (Å²) >= 11 is 0. The molecule has 0 aliphatic heterocycles. The van der Waals surface area contributed by atoms with Crippen LogP contribution < -0.4 is 4.74 Å². The molecule has 1 N–H and O–H groups in total. The maximum atomic E-state index is 13.1. The Hall–Kier alpha value is -3.08. The van der Waals surface area contributed by atoms with E-state index >= 15 is 0 Å². The first kappa shape index (κ1) is 42.7. The van der Waals surface area contributed by atoms with Crippen LogP contribution in [0.3, 0.4) is 0 Å². The normalized spacial score (nSPS) is 28.4. The average Bonchev–Trinajstić information content (AvgIpc) is 3.32. The molecule has 1 aromatic rings. The van der Waals surface area contributed by atoms with Crippen LogP contribution in [0.4, 0.5) is 22.0 Å². The molecule has 53 heavy (non-hydrogen) atoms. The molecule has 2 fully saturated rings. The summed E-state index contributed by atoms with van der Waals surface area (Å²) in [6, 6.07) is 4.88. The van der Waals surface area contributed by atoms with E-state index in [2.05, 4.69) is 0 Å². The number of fused-ring (bicyclic) bond motifs is 5. The molecule has 0 aromatic heterocycles. The Morgan fingerprint density at radius 2 is 1.57 bits per heavy atom. The Balaban J connectivity index is 1.39. The van der Waals surface area contributed by atoms with Crippen LogP contribution in [0.15, 0.2) is 18.2 Å². The third-order valence-electron chi connectivity index (χ3n) is 11.6. The molecule has 2 saturated carbocycles. The molecule has 0 radical (unpaired) electrons. The van der Waals surface area contributed by atoms with E-state index in [1.54, 1.807) is 18.2 Å². The largest absolute Gasteiger partial charge is 0.462 e. The summed E-state index contributed by atoms with van der Waals surface area (Å²) < 4.78 is 98.5. The molecule has 11 nitrogen and oxygen atoms in total. The topological polar surface area (TPSA) is 159 Å². The van der Waals surface area contributed by atoms with E-state index in [1.165, 1.54) is 13.8 Å². The number of sulfone groups is 1. The van der Waals surface area contributed by atoms with Crippen molar-refractivity contribution in [2.45, 2.75) is 141 Å². The molecule has 0 saturated heterocycles. The summed E-state index contributed by atoms with van der Waals surface area (Å²) in [6.07, 6.45) is -2.69. The van der Waals surface area contributed by atoms with Crippen molar-refractivity contribution in [3.8, 4) is 5.75 Å². The molecule has 3 aliphatic carbocycles. The minimum atomic E-state index is -5.71. The second-order valence-electron chi connectivity index (χ2n) is 15.3. The number of aliphatic hydroxyl groups is 1. The Morgan fingerprint density at radius 1 is 0.943 bits per heavy atom. The Bertz CT molecular complexity index is 1590. The van der Waals surface area contributed by atoms with Crippen LogP contribution in [0.2, 0.25) is 0 Å². The van der Waals surface area contributed by atoms with Gasteiger partial charge >= 0.3 is 24.0 Å². The minimum Gasteiger partial charge on any atom is -0.462 e. The zero-order chi connectivity index (χ0) is 39.4. The predicted molar refractivity (Wildman–Crippen MR) is 181 cm³/mol. The fourth-order valence-corrected chi connectivity index (χ4v) is 10.7. The number of benzene rings is 1. The molecule has 17 heteroatoms. The van der Waals surface area contributed by atoms with Crippen LogP contribution in [0.25, 0.3) is 0 Å². The summed E-state index contributed by atoms with van der Waals surface area (Å²) in [5.74, 6) is -7.39. The van der Waals surface area contributed by atoms with Crippen LogP contribution in [0.1, 0.15) is 115 Å². The standard InChI is InChI=1S/C36H50F5NO10S/c1-23(43)50-27-13-14-28-26(21-27)20-25(12-9-7-5-4-6-8-10-18-53(48,49)19-11-17-34(37,38)36(39,40)41)32-29-15-16-30(51-24(2)44)33(29,3)22-31(35(28,32)45)52-42(46)47/h13-14,21,25,29-32,45H,4-12,15-20,22H2,1-3H3/t25-,29-,30-,31-,32-,33-,35?/m0/s1. The molecule has 0 spiro atoms. The van der Waals surface area contributed by atoms with E-state index in [-0.39, 0.29) is 36.2 Å². The number of hydrogen-bond donors (Lipinski definition) is 1. The smallest absolute Gasteiger partial charge is 0.453 e. The highest BCUT2D eigenvalue weighted by molar-refractivity contribution is 7.91. The molecular weight excluding hydrogens is 733 g/mol. The highest BCUT2D eigenvalue weighted by Gasteiger charge is 2.67. The maximum Gasteiger partial charge on any atom is 0.453 e. The molecule has 300 valence electrons. The van der Waals surface area contributed by atoms with Crippen molar-refractivity contribution in [1.82, 2.24) is 0 Å². The van der Waals surface area contributed by atoms with Crippen LogP contribution in [0.5, 0.6) is 5.75 Å². The lowest BCUT2D eigenvalue weighted by atomic mass is 9.49. The maximum absolute atomic E-state index is 13.1. The van der Waals surface area contributed by atoms with Gasteiger partial charge in [0.2, 0.25) is 0 Å². The highest BCUT2D eigenvalue weighted by atomic mass is 32.2. The number of ether oxygens (including phenoxy) is 2. The molecule has 0 bridgehead atoms. The number of rotatable bonds is 18. The second-order valence-corrected chi connectivity index (χ2v) is 17.6. The Morgan fingerprint density at radius 3 is 2.17 bits per heavy atom. The first-order valence-corrected chi connectivity index (χ1v) is 20.1. The molecule has 7 atom stereocenters. The van der Waals surface area contributed by atoms with Gasteiger partial charge in [0.25, 0.3) is 5.09 Å². The molecular formula is C36H50F5NO10S. The van der Waals surface area contributed by atoms with Gasteiger partial charge in [-0.05, 0) is 80.0 Å². The first-order valence-electron chi connectivity index (χ1n) is 18.3. The van der Waals surface area contributed by atoms with Gasteiger partial charge in [-0.1, -0.05) is 51.5 Å². The van der Waals surface area contributed by atoms with E-state index < -0.39 is 86.7 Å². The fraction of sp³-hybridized carbons (Fsp3) is 0.778. The summed E-state index contributed by atoms with van der Waals surface area (Å²) in [4.78, 5) is 40.9. The van der Waals surface area contributed by atoms with Gasteiger partial charge < -0.3 is 19.4 Å². The van der Waals surface area contributed by atoms with Crippen molar-refractivity contribution >= 4 is 21.8 Å². The van der Waals surface area contributed by atoms with E-state index in [0.717, 1.165) is 25.7 Å². The van der Waals surface area contributed by atoms with Gasteiger partial charge in [0.05, 0.1) is 11.5 Å². The Labute approximate surface area is 306 Å². The van der Waals surface area contributed by atoms with Gasteiger partial charge in [0.1, 0.15) is 33.4 Å². The molecule has 0 heterocycles. The SMILES string of the molecule is CC(=O)Oc1ccc2c(c1)C[C@H](CCCCCCCCCS(=O)(=O)CCCC(F)(F)C(F)(F)F)[C@H]1[C@@H]3CC[C@H](OC(C)=O)[C@@]3(C)C[C@H](O[N+](=O)[O-])C21O. The lowest BCUT2D eigenvalue weighted by Crippen LogP contribution is -2.63. The zero-order valence-electron chi connectivity index (χ0n) is 30.3. The van der Waals surface area contributed by atoms with Gasteiger partial charge in [-0.2, -0.15) is 22.0 Å². The van der Waals surface area contributed by atoms with Crippen molar-refractivity contribution < 1.29 is 64.5 Å². The van der Waals surface area contributed by atoms with E-state index in [4.69, 9.17) is 14.3 Å². The Kier molecular flexibility index (Phi) is 13.5. The van der Waals surface area contributed by atoms with Gasteiger partial charge in [-0.3, -0.25) is 9.59 Å².